The number of amides is 4. The third-order valence-electron chi connectivity index (χ3n) is 4.62. The number of rotatable bonds is 10. The zero-order chi connectivity index (χ0) is 22.5. The zero-order valence-corrected chi connectivity index (χ0v) is 16.9. The average molecular weight is 427 g/mol. The molecule has 0 spiro atoms. The van der Waals surface area contributed by atoms with Gasteiger partial charge in [-0.1, -0.05) is 0 Å². The van der Waals surface area contributed by atoms with Crippen LogP contribution in [0.4, 0.5) is 0 Å². The molecule has 2 aliphatic heterocycles. The fourth-order valence-electron chi connectivity index (χ4n) is 2.58. The Morgan fingerprint density at radius 1 is 0.933 bits per heavy atom. The van der Waals surface area contributed by atoms with E-state index in [1.165, 1.54) is 0 Å². The van der Waals surface area contributed by atoms with Gasteiger partial charge in [0.25, 0.3) is 23.6 Å². The molecule has 0 aromatic heterocycles. The Balaban J connectivity index is 1.68. The highest BCUT2D eigenvalue weighted by Gasteiger charge is 2.38. The largest absolute Gasteiger partial charge is 0.364 e. The molecular formula is C18H25N3O9. The van der Waals surface area contributed by atoms with Crippen LogP contribution in [0.3, 0.4) is 0 Å². The summed E-state index contributed by atoms with van der Waals surface area (Å²) in [4.78, 5) is 79.5. The number of carbonyl (C=O) groups is 6. The summed E-state index contributed by atoms with van der Waals surface area (Å²) < 4.78 is 5.37. The van der Waals surface area contributed by atoms with E-state index in [9.17, 15) is 28.8 Å². The second-order valence-corrected chi connectivity index (χ2v) is 7.59. The molecule has 166 valence electrons. The number of nitrogens with zero attached hydrogens (tertiary/aromatic N) is 2. The number of hydrogen-bond acceptors (Lipinski definition) is 10. The molecule has 0 aromatic carbocycles. The van der Waals surface area contributed by atoms with Crippen LogP contribution in [-0.2, 0) is 43.2 Å². The number of nitrogens with two attached hydrogens (primary N) is 1. The van der Waals surface area contributed by atoms with E-state index in [0.717, 1.165) is 0 Å². The Morgan fingerprint density at radius 3 is 1.90 bits per heavy atom. The first-order chi connectivity index (χ1) is 14.0. The van der Waals surface area contributed by atoms with Crippen LogP contribution in [0, 0.1) is 5.41 Å². The van der Waals surface area contributed by atoms with E-state index in [1.807, 2.05) is 0 Å². The van der Waals surface area contributed by atoms with E-state index in [2.05, 4.69) is 0 Å². The van der Waals surface area contributed by atoms with E-state index in [-0.39, 0.29) is 51.6 Å². The van der Waals surface area contributed by atoms with Gasteiger partial charge < -0.3 is 20.1 Å². The number of carbonyl (C=O) groups excluding carboxylic acids is 6. The van der Waals surface area contributed by atoms with E-state index in [0.29, 0.717) is 10.1 Å². The van der Waals surface area contributed by atoms with Gasteiger partial charge in [0.05, 0.1) is 11.8 Å². The Hall–Kier alpha value is -2.86. The summed E-state index contributed by atoms with van der Waals surface area (Å²) in [6.07, 6.45) is -0.757. The molecule has 1 unspecified atom stereocenters. The topological polar surface area (TPSA) is 163 Å². The molecule has 12 heteroatoms. The quantitative estimate of drug-likeness (QED) is 0.362. The van der Waals surface area contributed by atoms with Crippen LogP contribution in [0.15, 0.2) is 0 Å². The Bertz CT molecular complexity index is 717. The van der Waals surface area contributed by atoms with Gasteiger partial charge in [-0.2, -0.15) is 0 Å². The number of hydrogen-bond donors (Lipinski definition) is 1. The van der Waals surface area contributed by atoms with Gasteiger partial charge in [0.2, 0.25) is 0 Å². The number of hydroxylamine groups is 4. The van der Waals surface area contributed by atoms with E-state index in [4.69, 9.17) is 20.1 Å². The third-order valence-corrected chi connectivity index (χ3v) is 4.62. The van der Waals surface area contributed by atoms with Crippen molar-refractivity contribution >= 4 is 35.6 Å². The van der Waals surface area contributed by atoms with Crippen molar-refractivity contribution in [3.63, 3.8) is 0 Å². The molecule has 0 aliphatic carbocycles. The van der Waals surface area contributed by atoms with Crippen LogP contribution in [0.25, 0.3) is 0 Å². The van der Waals surface area contributed by atoms with Crippen LogP contribution >= 0.6 is 0 Å². The van der Waals surface area contributed by atoms with Gasteiger partial charge in [-0.25, -0.2) is 9.59 Å². The Labute approximate surface area is 172 Å². The SMILES string of the molecule is CC(C)(CCOC(N)CCC(=O)ON1C(=O)CCC1=O)C(=O)ON1C(=O)CCC1=O. The predicted molar refractivity (Wildman–Crippen MR) is 95.9 cm³/mol. The molecule has 0 bridgehead atoms. The van der Waals surface area contributed by atoms with Crippen molar-refractivity contribution in [1.29, 1.82) is 0 Å². The van der Waals surface area contributed by atoms with Crippen LogP contribution in [0.5, 0.6) is 0 Å². The first kappa shape index (κ1) is 23.4. The molecule has 1 atom stereocenters. The smallest absolute Gasteiger partial charge is 0.338 e. The molecule has 0 saturated carbocycles. The van der Waals surface area contributed by atoms with Crippen molar-refractivity contribution in [2.45, 2.75) is 65.0 Å². The minimum atomic E-state index is -1.06. The summed E-state index contributed by atoms with van der Waals surface area (Å²) in [6, 6.07) is 0. The van der Waals surface area contributed by atoms with E-state index >= 15 is 0 Å². The molecule has 4 amide bonds. The van der Waals surface area contributed by atoms with Gasteiger partial charge in [0, 0.05) is 32.3 Å². The van der Waals surface area contributed by atoms with Gasteiger partial charge in [-0.15, -0.1) is 10.1 Å². The molecule has 0 radical (unpaired) electrons. The monoisotopic (exact) mass is 427 g/mol. The van der Waals surface area contributed by atoms with Gasteiger partial charge in [-0.3, -0.25) is 19.2 Å². The summed E-state index contributed by atoms with van der Waals surface area (Å²) in [7, 11) is 0. The fourth-order valence-corrected chi connectivity index (χ4v) is 2.58. The van der Waals surface area contributed by atoms with Crippen LogP contribution in [0.2, 0.25) is 0 Å². The van der Waals surface area contributed by atoms with Gasteiger partial charge >= 0.3 is 11.9 Å². The molecule has 2 N–H and O–H groups in total. The molecule has 2 saturated heterocycles. The lowest BCUT2D eigenvalue weighted by Gasteiger charge is -2.25. The van der Waals surface area contributed by atoms with Gasteiger partial charge in [0.15, 0.2) is 0 Å². The van der Waals surface area contributed by atoms with E-state index < -0.39 is 47.2 Å². The van der Waals surface area contributed by atoms with Crippen LogP contribution < -0.4 is 5.73 Å². The first-order valence-electron chi connectivity index (χ1n) is 9.53. The Morgan fingerprint density at radius 2 is 1.40 bits per heavy atom. The second-order valence-electron chi connectivity index (χ2n) is 7.59. The highest BCUT2D eigenvalue weighted by molar-refractivity contribution is 6.02. The molecule has 2 aliphatic rings. The molecule has 2 heterocycles. The molecule has 2 fully saturated rings. The highest BCUT2D eigenvalue weighted by atomic mass is 16.7. The summed E-state index contributed by atoms with van der Waals surface area (Å²) >= 11 is 0. The average Bonchev–Trinajstić information content (AvgIpc) is 3.16. The van der Waals surface area contributed by atoms with E-state index in [1.54, 1.807) is 13.8 Å². The Kier molecular flexibility index (Phi) is 7.62. The van der Waals surface area contributed by atoms with Gasteiger partial charge in [-0.05, 0) is 26.7 Å². The predicted octanol–water partition coefficient (Wildman–Crippen LogP) is -0.301. The zero-order valence-electron chi connectivity index (χ0n) is 16.9. The summed E-state index contributed by atoms with van der Waals surface area (Å²) in [6.45, 7) is 3.18. The fraction of sp³-hybridized carbons (Fsp3) is 0.667. The lowest BCUT2D eigenvalue weighted by molar-refractivity contribution is -0.204. The molecule has 0 aromatic rings. The number of ether oxygens (including phenoxy) is 1. The summed E-state index contributed by atoms with van der Waals surface area (Å²) in [5, 5.41) is 0.941. The van der Waals surface area contributed by atoms with Crippen LogP contribution in [0.1, 0.15) is 58.8 Å². The first-order valence-corrected chi connectivity index (χ1v) is 9.53. The maximum Gasteiger partial charge on any atom is 0.338 e. The minimum absolute atomic E-state index is 0.00697. The third kappa shape index (κ3) is 6.07. The maximum atomic E-state index is 12.2. The van der Waals surface area contributed by atoms with Crippen molar-refractivity contribution in [2.75, 3.05) is 6.61 Å². The van der Waals surface area contributed by atoms with Gasteiger partial charge in [0.1, 0.15) is 6.23 Å². The summed E-state index contributed by atoms with van der Waals surface area (Å²) in [5.41, 5.74) is 4.71. The van der Waals surface area contributed by atoms with Crippen molar-refractivity contribution in [3.8, 4) is 0 Å². The molecule has 30 heavy (non-hydrogen) atoms. The highest BCUT2D eigenvalue weighted by Crippen LogP contribution is 2.25. The lowest BCUT2D eigenvalue weighted by atomic mass is 9.90. The minimum Gasteiger partial charge on any atom is -0.364 e. The lowest BCUT2D eigenvalue weighted by Crippen LogP contribution is -2.38. The van der Waals surface area contributed by atoms with Crippen molar-refractivity contribution in [2.24, 2.45) is 11.1 Å². The van der Waals surface area contributed by atoms with Crippen molar-refractivity contribution < 1.29 is 43.2 Å². The second kappa shape index (κ2) is 9.76. The molecule has 12 nitrogen and oxygen atoms in total. The number of imide groups is 2. The molecule has 2 rings (SSSR count). The normalized spacial score (nSPS) is 18.2. The van der Waals surface area contributed by atoms with Crippen molar-refractivity contribution in [1.82, 2.24) is 10.1 Å². The maximum absolute atomic E-state index is 12.2. The van der Waals surface area contributed by atoms with Crippen molar-refractivity contribution in [3.05, 3.63) is 0 Å². The van der Waals surface area contributed by atoms with Crippen LogP contribution in [-0.4, -0.2) is 58.5 Å². The summed E-state index contributed by atoms with van der Waals surface area (Å²) in [5.74, 6) is -3.81. The molecular weight excluding hydrogens is 402 g/mol. The standard InChI is InChI=1S/C18H25N3O9/c1-18(2,17(27)30-21-14(24)6-7-15(21)25)9-10-28-11(19)3-8-16(26)29-20-12(22)4-5-13(20)23/h11H,3-10,19H2,1-2H3.